The van der Waals surface area contributed by atoms with E-state index in [9.17, 15) is 18.0 Å². The number of nitrogens with zero attached hydrogens (tertiary/aromatic N) is 2. The Labute approximate surface area is 153 Å². The van der Waals surface area contributed by atoms with Gasteiger partial charge in [-0.1, -0.05) is 12.1 Å². The quantitative estimate of drug-likeness (QED) is 0.727. The number of carbonyl (C=O) groups is 1. The summed E-state index contributed by atoms with van der Waals surface area (Å²) in [6.07, 6.45) is 0.659. The van der Waals surface area contributed by atoms with Crippen molar-refractivity contribution in [2.75, 3.05) is 12.4 Å². The first-order chi connectivity index (χ1) is 12.9. The summed E-state index contributed by atoms with van der Waals surface area (Å²) >= 11 is 0. The fourth-order valence-electron chi connectivity index (χ4n) is 2.53. The monoisotopic (exact) mass is 375 g/mol. The average Bonchev–Trinajstić information content (AvgIpc) is 3.14. The Morgan fingerprint density at radius 3 is 2.52 bits per heavy atom. The minimum absolute atomic E-state index is 0.0418. The molecular formula is C19H16F3N3O2. The minimum atomic E-state index is -4.51. The van der Waals surface area contributed by atoms with Gasteiger partial charge in [0.1, 0.15) is 5.75 Å². The number of rotatable bonds is 5. The maximum Gasteiger partial charge on any atom is 0.416 e. The lowest BCUT2D eigenvalue weighted by molar-refractivity contribution is -0.137. The first-order valence-electron chi connectivity index (χ1n) is 7.98. The van der Waals surface area contributed by atoms with Crippen LogP contribution in [0.1, 0.15) is 21.5 Å². The Morgan fingerprint density at radius 2 is 1.93 bits per heavy atom. The van der Waals surface area contributed by atoms with Crippen molar-refractivity contribution in [1.82, 2.24) is 9.55 Å². The van der Waals surface area contributed by atoms with Gasteiger partial charge in [-0.25, -0.2) is 4.98 Å². The van der Waals surface area contributed by atoms with Gasteiger partial charge in [-0.15, -0.1) is 0 Å². The summed E-state index contributed by atoms with van der Waals surface area (Å²) in [4.78, 5) is 16.4. The highest BCUT2D eigenvalue weighted by molar-refractivity contribution is 6.05. The van der Waals surface area contributed by atoms with Crippen molar-refractivity contribution in [3.05, 3.63) is 77.9 Å². The lowest BCUT2D eigenvalue weighted by Crippen LogP contribution is -2.14. The first-order valence-corrected chi connectivity index (χ1v) is 7.98. The summed E-state index contributed by atoms with van der Waals surface area (Å²) < 4.78 is 45.6. The van der Waals surface area contributed by atoms with Crippen LogP contribution in [0.5, 0.6) is 5.75 Å². The zero-order valence-electron chi connectivity index (χ0n) is 14.3. The fraction of sp³-hybridized carbons (Fsp3) is 0.158. The third-order valence-electron chi connectivity index (χ3n) is 3.92. The molecule has 0 atom stereocenters. The molecule has 0 saturated carbocycles. The Bertz CT molecular complexity index is 920. The lowest BCUT2D eigenvalue weighted by Gasteiger charge is -2.14. The molecule has 1 aromatic heterocycles. The van der Waals surface area contributed by atoms with Crippen LogP contribution in [0.3, 0.4) is 0 Å². The molecule has 1 heterocycles. The van der Waals surface area contributed by atoms with Gasteiger partial charge in [-0.05, 0) is 35.9 Å². The van der Waals surface area contributed by atoms with Crippen molar-refractivity contribution < 1.29 is 22.7 Å². The standard InChI is InChI=1S/C19H16F3N3O2/c1-27-17-7-6-15(19(20,21)22)10-16(17)24-18(26)14-4-2-13(3-5-14)11-25-9-8-23-12-25/h2-10,12H,11H2,1H3,(H,24,26). The number of nitrogens with one attached hydrogen (secondary N) is 1. The highest BCUT2D eigenvalue weighted by Crippen LogP contribution is 2.35. The number of alkyl halides is 3. The number of hydrogen-bond donors (Lipinski definition) is 1. The van der Waals surface area contributed by atoms with Crippen LogP contribution in [0.2, 0.25) is 0 Å². The van der Waals surface area contributed by atoms with E-state index in [0.29, 0.717) is 12.1 Å². The molecular weight excluding hydrogens is 359 g/mol. The summed E-state index contributed by atoms with van der Waals surface area (Å²) in [5.41, 5.74) is 0.374. The molecule has 0 saturated heterocycles. The predicted molar refractivity (Wildman–Crippen MR) is 93.7 cm³/mol. The molecule has 0 aliphatic carbocycles. The third kappa shape index (κ3) is 4.46. The van der Waals surface area contributed by atoms with Crippen molar-refractivity contribution >= 4 is 11.6 Å². The van der Waals surface area contributed by atoms with Crippen LogP contribution in [0.4, 0.5) is 18.9 Å². The summed E-state index contributed by atoms with van der Waals surface area (Å²) in [7, 11) is 1.32. The summed E-state index contributed by atoms with van der Waals surface area (Å²) in [6, 6.07) is 9.70. The number of benzene rings is 2. The van der Waals surface area contributed by atoms with Crippen LogP contribution >= 0.6 is 0 Å². The predicted octanol–water partition coefficient (Wildman–Crippen LogP) is 4.21. The van der Waals surface area contributed by atoms with E-state index in [0.717, 1.165) is 17.7 Å². The SMILES string of the molecule is COc1ccc(C(F)(F)F)cc1NC(=O)c1ccc(Cn2ccnc2)cc1. The highest BCUT2D eigenvalue weighted by atomic mass is 19.4. The topological polar surface area (TPSA) is 56.1 Å². The Hall–Kier alpha value is -3.29. The van der Waals surface area contributed by atoms with Gasteiger partial charge in [0.2, 0.25) is 0 Å². The maximum absolute atomic E-state index is 12.9. The summed E-state index contributed by atoms with van der Waals surface area (Å²) in [5, 5.41) is 2.48. The van der Waals surface area contributed by atoms with Crippen LogP contribution in [-0.4, -0.2) is 22.6 Å². The van der Waals surface area contributed by atoms with Gasteiger partial charge in [0.15, 0.2) is 0 Å². The molecule has 2 aromatic carbocycles. The number of methoxy groups -OCH3 is 1. The van der Waals surface area contributed by atoms with Crippen molar-refractivity contribution in [3.63, 3.8) is 0 Å². The number of ether oxygens (including phenoxy) is 1. The summed E-state index contributed by atoms with van der Waals surface area (Å²) in [5.74, 6) is -0.380. The molecule has 0 unspecified atom stereocenters. The molecule has 0 aliphatic heterocycles. The molecule has 8 heteroatoms. The molecule has 140 valence electrons. The van der Waals surface area contributed by atoms with E-state index in [1.165, 1.54) is 13.2 Å². The fourth-order valence-corrected chi connectivity index (χ4v) is 2.53. The van der Waals surface area contributed by atoms with Crippen LogP contribution in [0.15, 0.2) is 61.2 Å². The number of anilines is 1. The van der Waals surface area contributed by atoms with Crippen molar-refractivity contribution in [2.45, 2.75) is 12.7 Å². The molecule has 1 N–H and O–H groups in total. The maximum atomic E-state index is 12.9. The van der Waals surface area contributed by atoms with E-state index < -0.39 is 17.6 Å². The molecule has 0 bridgehead atoms. The van der Waals surface area contributed by atoms with Gasteiger partial charge in [-0.3, -0.25) is 4.79 Å². The van der Waals surface area contributed by atoms with E-state index in [2.05, 4.69) is 10.3 Å². The Kier molecular flexibility index (Phi) is 5.16. The first kappa shape index (κ1) is 18.5. The molecule has 3 aromatic rings. The van der Waals surface area contributed by atoms with Crippen LogP contribution in [0, 0.1) is 0 Å². The zero-order chi connectivity index (χ0) is 19.4. The van der Waals surface area contributed by atoms with Gasteiger partial charge >= 0.3 is 6.18 Å². The number of imidazole rings is 1. The van der Waals surface area contributed by atoms with Gasteiger partial charge in [0.05, 0.1) is 24.7 Å². The van der Waals surface area contributed by atoms with Crippen molar-refractivity contribution in [1.29, 1.82) is 0 Å². The minimum Gasteiger partial charge on any atom is -0.495 e. The van der Waals surface area contributed by atoms with Crippen molar-refractivity contribution in [2.24, 2.45) is 0 Å². The van der Waals surface area contributed by atoms with E-state index in [4.69, 9.17) is 4.74 Å². The van der Waals surface area contributed by atoms with Crippen LogP contribution in [0.25, 0.3) is 0 Å². The van der Waals surface area contributed by atoms with E-state index in [1.54, 1.807) is 36.8 Å². The molecule has 0 spiro atoms. The molecule has 3 rings (SSSR count). The molecule has 27 heavy (non-hydrogen) atoms. The smallest absolute Gasteiger partial charge is 0.416 e. The van der Waals surface area contributed by atoms with Crippen molar-refractivity contribution in [3.8, 4) is 5.75 Å². The molecule has 0 aliphatic rings. The number of hydrogen-bond acceptors (Lipinski definition) is 3. The van der Waals surface area contributed by atoms with E-state index >= 15 is 0 Å². The molecule has 5 nitrogen and oxygen atoms in total. The van der Waals surface area contributed by atoms with Crippen LogP contribution in [-0.2, 0) is 12.7 Å². The van der Waals surface area contributed by atoms with Gasteiger partial charge in [-0.2, -0.15) is 13.2 Å². The van der Waals surface area contributed by atoms with Gasteiger partial charge in [0.25, 0.3) is 5.91 Å². The Morgan fingerprint density at radius 1 is 1.19 bits per heavy atom. The number of halogens is 3. The molecule has 0 fully saturated rings. The third-order valence-corrected chi connectivity index (χ3v) is 3.92. The van der Waals surface area contributed by atoms with Crippen LogP contribution < -0.4 is 10.1 Å². The second-order valence-corrected chi connectivity index (χ2v) is 5.80. The van der Waals surface area contributed by atoms with Gasteiger partial charge in [0, 0.05) is 24.5 Å². The number of amides is 1. The normalized spacial score (nSPS) is 11.3. The zero-order valence-corrected chi connectivity index (χ0v) is 14.3. The number of carbonyl (C=O) groups excluding carboxylic acids is 1. The second kappa shape index (κ2) is 7.53. The largest absolute Gasteiger partial charge is 0.495 e. The highest BCUT2D eigenvalue weighted by Gasteiger charge is 2.31. The van der Waals surface area contributed by atoms with E-state index in [-0.39, 0.29) is 11.4 Å². The second-order valence-electron chi connectivity index (χ2n) is 5.80. The van der Waals surface area contributed by atoms with Gasteiger partial charge < -0.3 is 14.6 Å². The van der Waals surface area contributed by atoms with E-state index in [1.807, 2.05) is 10.8 Å². The summed E-state index contributed by atoms with van der Waals surface area (Å²) in [6.45, 7) is 0.601. The molecule has 0 radical (unpaired) electrons. The average molecular weight is 375 g/mol. The Balaban J connectivity index is 1.76. The lowest BCUT2D eigenvalue weighted by atomic mass is 10.1. The number of aromatic nitrogens is 2. The molecule has 1 amide bonds.